The van der Waals surface area contributed by atoms with Crippen molar-refractivity contribution in [3.63, 3.8) is 0 Å². The predicted molar refractivity (Wildman–Crippen MR) is 117 cm³/mol. The monoisotopic (exact) mass is 404 g/mol. The van der Waals surface area contributed by atoms with E-state index in [4.69, 9.17) is 0 Å². The van der Waals surface area contributed by atoms with Crippen molar-refractivity contribution in [3.05, 3.63) is 65.2 Å². The van der Waals surface area contributed by atoms with E-state index in [2.05, 4.69) is 22.0 Å². The van der Waals surface area contributed by atoms with Gasteiger partial charge in [0.1, 0.15) is 5.54 Å². The second kappa shape index (κ2) is 9.93. The summed E-state index contributed by atoms with van der Waals surface area (Å²) in [5.74, 6) is -0.451. The molecule has 0 aromatic heterocycles. The number of anilines is 1. The van der Waals surface area contributed by atoms with Crippen LogP contribution in [0.25, 0.3) is 0 Å². The highest BCUT2D eigenvalue weighted by Gasteiger charge is 2.33. The molecule has 0 bridgehead atoms. The van der Waals surface area contributed by atoms with Crippen molar-refractivity contribution in [1.82, 2.24) is 10.6 Å². The number of carbonyl (C=O) groups excluding carboxylic acids is 2. The van der Waals surface area contributed by atoms with E-state index in [9.17, 15) is 14.9 Å². The average molecular weight is 405 g/mol. The van der Waals surface area contributed by atoms with E-state index in [1.165, 1.54) is 5.56 Å². The number of amides is 2. The molecule has 1 fully saturated rings. The molecule has 0 unspecified atom stereocenters. The van der Waals surface area contributed by atoms with Crippen molar-refractivity contribution in [1.29, 1.82) is 5.26 Å². The lowest BCUT2D eigenvalue weighted by molar-refractivity contribution is -0.121. The van der Waals surface area contributed by atoms with E-state index >= 15 is 0 Å². The second-order valence-corrected chi connectivity index (χ2v) is 7.87. The number of aryl methyl sites for hydroxylation is 1. The number of benzene rings is 2. The molecule has 0 atom stereocenters. The Bertz CT molecular complexity index is 925. The highest BCUT2D eigenvalue weighted by Crippen LogP contribution is 2.27. The van der Waals surface area contributed by atoms with Gasteiger partial charge in [0.15, 0.2) is 0 Å². The summed E-state index contributed by atoms with van der Waals surface area (Å²) in [6, 6.07) is 17.4. The molecule has 30 heavy (non-hydrogen) atoms. The van der Waals surface area contributed by atoms with Crippen molar-refractivity contribution in [2.45, 2.75) is 51.1 Å². The number of nitrogens with zero attached hydrogens (tertiary/aromatic N) is 1. The van der Waals surface area contributed by atoms with Crippen molar-refractivity contribution < 1.29 is 9.59 Å². The van der Waals surface area contributed by atoms with Gasteiger partial charge in [-0.1, -0.05) is 61.2 Å². The van der Waals surface area contributed by atoms with Crippen molar-refractivity contribution >= 4 is 17.5 Å². The van der Waals surface area contributed by atoms with E-state index < -0.39 is 5.54 Å². The summed E-state index contributed by atoms with van der Waals surface area (Å²) in [7, 11) is 0. The van der Waals surface area contributed by atoms with Crippen LogP contribution in [-0.4, -0.2) is 23.9 Å². The average Bonchev–Trinajstić information content (AvgIpc) is 2.78. The molecular formula is C24H28N4O2. The molecule has 0 heterocycles. The normalized spacial score (nSPS) is 14.9. The van der Waals surface area contributed by atoms with Gasteiger partial charge in [-0.3, -0.25) is 9.59 Å². The largest absolute Gasteiger partial charge is 0.376 e. The number of rotatable bonds is 7. The first-order valence-corrected chi connectivity index (χ1v) is 10.4. The maximum atomic E-state index is 12.7. The SMILES string of the molecule is Cc1ccc(CNC(=O)c2ccccc2NCC(=O)NC2(C#N)CCCCC2)cc1. The third kappa shape index (κ3) is 5.60. The van der Waals surface area contributed by atoms with E-state index in [1.807, 2.05) is 37.3 Å². The molecule has 156 valence electrons. The van der Waals surface area contributed by atoms with Crippen LogP contribution in [0.2, 0.25) is 0 Å². The molecule has 2 amide bonds. The molecule has 0 saturated heterocycles. The van der Waals surface area contributed by atoms with Crippen molar-refractivity contribution in [2.24, 2.45) is 0 Å². The minimum absolute atomic E-state index is 0.00564. The molecule has 6 heteroatoms. The summed E-state index contributed by atoms with van der Waals surface area (Å²) in [4.78, 5) is 25.1. The molecule has 0 spiro atoms. The Kier molecular flexibility index (Phi) is 7.08. The lowest BCUT2D eigenvalue weighted by atomic mass is 9.83. The lowest BCUT2D eigenvalue weighted by Gasteiger charge is -2.31. The van der Waals surface area contributed by atoms with Crippen LogP contribution in [-0.2, 0) is 11.3 Å². The predicted octanol–water partition coefficient (Wildman–Crippen LogP) is 3.68. The highest BCUT2D eigenvalue weighted by atomic mass is 16.2. The molecule has 1 aliphatic rings. The van der Waals surface area contributed by atoms with Gasteiger partial charge < -0.3 is 16.0 Å². The number of hydrogen-bond donors (Lipinski definition) is 3. The van der Waals surface area contributed by atoms with Crippen LogP contribution >= 0.6 is 0 Å². The standard InChI is InChI=1S/C24H28N4O2/c1-18-9-11-19(12-10-18)15-27-23(30)20-7-3-4-8-21(20)26-16-22(29)28-24(17-25)13-5-2-6-14-24/h3-4,7-12,26H,2,5-6,13-16H2,1H3,(H,27,30)(H,28,29). The number of carbonyl (C=O) groups is 2. The zero-order valence-electron chi connectivity index (χ0n) is 17.3. The van der Waals surface area contributed by atoms with Crippen LogP contribution < -0.4 is 16.0 Å². The summed E-state index contributed by atoms with van der Waals surface area (Å²) in [6.45, 7) is 2.46. The zero-order chi connectivity index (χ0) is 21.4. The van der Waals surface area contributed by atoms with Crippen LogP contribution in [0.4, 0.5) is 5.69 Å². The van der Waals surface area contributed by atoms with Gasteiger partial charge in [-0.15, -0.1) is 0 Å². The fraction of sp³-hybridized carbons (Fsp3) is 0.375. The molecule has 6 nitrogen and oxygen atoms in total. The first kappa shape index (κ1) is 21.4. The molecule has 3 rings (SSSR count). The van der Waals surface area contributed by atoms with Crippen molar-refractivity contribution in [3.8, 4) is 6.07 Å². The number of hydrogen-bond acceptors (Lipinski definition) is 4. The zero-order valence-corrected chi connectivity index (χ0v) is 17.3. The molecule has 0 aliphatic heterocycles. The summed E-state index contributed by atoms with van der Waals surface area (Å²) in [5.41, 5.74) is 2.49. The van der Waals surface area contributed by atoms with Gasteiger partial charge in [-0.05, 0) is 37.5 Å². The quantitative estimate of drug-likeness (QED) is 0.656. The van der Waals surface area contributed by atoms with Gasteiger partial charge in [-0.25, -0.2) is 0 Å². The van der Waals surface area contributed by atoms with Crippen LogP contribution in [0.1, 0.15) is 53.6 Å². The van der Waals surface area contributed by atoms with E-state index in [1.54, 1.807) is 18.2 Å². The summed E-state index contributed by atoms with van der Waals surface area (Å²) in [6.07, 6.45) is 4.37. The minimum Gasteiger partial charge on any atom is -0.376 e. The third-order valence-electron chi connectivity index (χ3n) is 5.48. The van der Waals surface area contributed by atoms with Crippen LogP contribution in [0.5, 0.6) is 0 Å². The number of nitrogens with one attached hydrogen (secondary N) is 3. The topological polar surface area (TPSA) is 94.0 Å². The Morgan fingerprint density at radius 3 is 2.43 bits per heavy atom. The highest BCUT2D eigenvalue weighted by molar-refractivity contribution is 6.00. The van der Waals surface area contributed by atoms with E-state index in [0.29, 0.717) is 30.6 Å². The Labute approximate surface area is 177 Å². The van der Waals surface area contributed by atoms with Gasteiger partial charge in [0.2, 0.25) is 5.91 Å². The maximum absolute atomic E-state index is 12.7. The van der Waals surface area contributed by atoms with Crippen LogP contribution in [0, 0.1) is 18.3 Å². The Balaban J connectivity index is 1.58. The van der Waals surface area contributed by atoms with Gasteiger partial charge in [0, 0.05) is 12.2 Å². The number of para-hydroxylation sites is 1. The first-order valence-electron chi connectivity index (χ1n) is 10.4. The van der Waals surface area contributed by atoms with E-state index in [0.717, 1.165) is 24.8 Å². The molecule has 3 N–H and O–H groups in total. The first-order chi connectivity index (χ1) is 14.5. The van der Waals surface area contributed by atoms with Gasteiger partial charge >= 0.3 is 0 Å². The fourth-order valence-corrected chi connectivity index (χ4v) is 3.73. The molecule has 2 aromatic carbocycles. The van der Waals surface area contributed by atoms with Crippen LogP contribution in [0.3, 0.4) is 0 Å². The van der Waals surface area contributed by atoms with Gasteiger partial charge in [0.25, 0.3) is 5.91 Å². The van der Waals surface area contributed by atoms with Crippen molar-refractivity contribution in [2.75, 3.05) is 11.9 Å². The fourth-order valence-electron chi connectivity index (χ4n) is 3.73. The summed E-state index contributed by atoms with van der Waals surface area (Å²) < 4.78 is 0. The van der Waals surface area contributed by atoms with Gasteiger partial charge in [-0.2, -0.15) is 5.26 Å². The summed E-state index contributed by atoms with van der Waals surface area (Å²) >= 11 is 0. The Hall–Kier alpha value is -3.33. The van der Waals surface area contributed by atoms with Gasteiger partial charge in [0.05, 0.1) is 18.2 Å². The Morgan fingerprint density at radius 1 is 1.03 bits per heavy atom. The Morgan fingerprint density at radius 2 is 1.73 bits per heavy atom. The van der Waals surface area contributed by atoms with E-state index in [-0.39, 0.29) is 18.4 Å². The lowest BCUT2D eigenvalue weighted by Crippen LogP contribution is -2.50. The second-order valence-electron chi connectivity index (χ2n) is 7.87. The molecule has 1 saturated carbocycles. The third-order valence-corrected chi connectivity index (χ3v) is 5.48. The smallest absolute Gasteiger partial charge is 0.253 e. The molecule has 1 aliphatic carbocycles. The summed E-state index contributed by atoms with van der Waals surface area (Å²) in [5, 5.41) is 18.4. The molecule has 2 aromatic rings. The molecular weight excluding hydrogens is 376 g/mol. The molecule has 0 radical (unpaired) electrons. The minimum atomic E-state index is -0.762. The van der Waals surface area contributed by atoms with Crippen LogP contribution in [0.15, 0.2) is 48.5 Å². The number of nitriles is 1. The maximum Gasteiger partial charge on any atom is 0.253 e.